The number of aryl methyl sites for hydroxylation is 2. The van der Waals surface area contributed by atoms with Gasteiger partial charge in [0.25, 0.3) is 11.8 Å². The van der Waals surface area contributed by atoms with Crippen molar-refractivity contribution in [2.45, 2.75) is 13.8 Å². The van der Waals surface area contributed by atoms with Crippen LogP contribution in [0.1, 0.15) is 21.5 Å². The molecule has 0 bridgehead atoms. The Morgan fingerprint density at radius 1 is 1.12 bits per heavy atom. The number of nitrogens with one attached hydrogen (secondary N) is 2. The van der Waals surface area contributed by atoms with Crippen LogP contribution >= 0.6 is 11.6 Å². The topological polar surface area (TPSA) is 67.4 Å². The molecule has 0 heterocycles. The standard InChI is InChI=1S/C18H19ClN2O3/c1-11-4-5-12(2)16(8-11)24-10-17(22)21-15-9-13(18(23)20-3)6-7-14(15)19/h4-9H,10H2,1-3H3,(H,20,23)(H,21,22). The Bertz CT molecular complexity index is 775. The van der Waals surface area contributed by atoms with E-state index < -0.39 is 0 Å². The summed E-state index contributed by atoms with van der Waals surface area (Å²) in [5.41, 5.74) is 2.78. The van der Waals surface area contributed by atoms with E-state index in [-0.39, 0.29) is 18.4 Å². The molecule has 2 aromatic rings. The van der Waals surface area contributed by atoms with Crippen molar-refractivity contribution < 1.29 is 14.3 Å². The van der Waals surface area contributed by atoms with Crippen molar-refractivity contribution in [1.29, 1.82) is 0 Å². The van der Waals surface area contributed by atoms with Gasteiger partial charge in [-0.15, -0.1) is 0 Å². The summed E-state index contributed by atoms with van der Waals surface area (Å²) in [6.45, 7) is 3.72. The van der Waals surface area contributed by atoms with Crippen LogP contribution in [0.3, 0.4) is 0 Å². The molecule has 0 saturated carbocycles. The van der Waals surface area contributed by atoms with Crippen molar-refractivity contribution in [1.82, 2.24) is 5.32 Å². The molecule has 0 aliphatic carbocycles. The fourth-order valence-electron chi connectivity index (χ4n) is 2.10. The van der Waals surface area contributed by atoms with E-state index in [4.69, 9.17) is 16.3 Å². The van der Waals surface area contributed by atoms with Crippen LogP contribution in [-0.4, -0.2) is 25.5 Å². The van der Waals surface area contributed by atoms with Gasteiger partial charge in [0, 0.05) is 12.6 Å². The minimum absolute atomic E-state index is 0.148. The number of amides is 2. The molecule has 24 heavy (non-hydrogen) atoms. The molecule has 0 aromatic heterocycles. The first kappa shape index (κ1) is 17.8. The molecule has 126 valence electrons. The molecule has 2 aromatic carbocycles. The first-order chi connectivity index (χ1) is 11.4. The van der Waals surface area contributed by atoms with Gasteiger partial charge in [0.05, 0.1) is 10.7 Å². The lowest BCUT2D eigenvalue weighted by atomic mass is 10.1. The third-order valence-electron chi connectivity index (χ3n) is 3.43. The molecule has 2 N–H and O–H groups in total. The van der Waals surface area contributed by atoms with Crippen molar-refractivity contribution in [3.63, 3.8) is 0 Å². The summed E-state index contributed by atoms with van der Waals surface area (Å²) in [5, 5.41) is 5.53. The zero-order valence-electron chi connectivity index (χ0n) is 13.8. The molecule has 0 spiro atoms. The van der Waals surface area contributed by atoms with Crippen LogP contribution in [0.15, 0.2) is 36.4 Å². The third-order valence-corrected chi connectivity index (χ3v) is 3.76. The van der Waals surface area contributed by atoms with E-state index >= 15 is 0 Å². The van der Waals surface area contributed by atoms with Crippen LogP contribution in [0.5, 0.6) is 5.75 Å². The molecule has 0 aliphatic heterocycles. The number of anilines is 1. The lowest BCUT2D eigenvalue weighted by Crippen LogP contribution is -2.22. The summed E-state index contributed by atoms with van der Waals surface area (Å²) in [5.74, 6) is 0.0519. The monoisotopic (exact) mass is 346 g/mol. The number of benzene rings is 2. The Hall–Kier alpha value is -2.53. The average Bonchev–Trinajstić information content (AvgIpc) is 2.57. The Labute approximate surface area is 146 Å². The molecule has 0 aliphatic rings. The largest absolute Gasteiger partial charge is 0.483 e. The van der Waals surface area contributed by atoms with E-state index in [0.29, 0.717) is 22.0 Å². The predicted octanol–water partition coefficient (Wildman–Crippen LogP) is 3.33. The normalized spacial score (nSPS) is 10.2. The molecule has 0 radical (unpaired) electrons. The minimum Gasteiger partial charge on any atom is -0.483 e. The molecule has 2 rings (SSSR count). The highest BCUT2D eigenvalue weighted by atomic mass is 35.5. The zero-order valence-corrected chi connectivity index (χ0v) is 14.5. The van der Waals surface area contributed by atoms with Gasteiger partial charge in [-0.3, -0.25) is 9.59 Å². The lowest BCUT2D eigenvalue weighted by Gasteiger charge is -2.12. The summed E-state index contributed by atoms with van der Waals surface area (Å²) < 4.78 is 5.56. The van der Waals surface area contributed by atoms with E-state index in [0.717, 1.165) is 11.1 Å². The number of carbonyl (C=O) groups is 2. The van der Waals surface area contributed by atoms with Gasteiger partial charge in [-0.05, 0) is 49.2 Å². The van der Waals surface area contributed by atoms with Crippen molar-refractivity contribution in [3.8, 4) is 5.75 Å². The fourth-order valence-corrected chi connectivity index (χ4v) is 2.26. The second-order valence-corrected chi connectivity index (χ2v) is 5.79. The molecule has 2 amide bonds. The van der Waals surface area contributed by atoms with Gasteiger partial charge in [-0.1, -0.05) is 23.7 Å². The summed E-state index contributed by atoms with van der Waals surface area (Å²) in [4.78, 5) is 23.7. The molecular formula is C18H19ClN2O3. The highest BCUT2D eigenvalue weighted by Gasteiger charge is 2.11. The van der Waals surface area contributed by atoms with Crippen LogP contribution < -0.4 is 15.4 Å². The maximum Gasteiger partial charge on any atom is 0.262 e. The van der Waals surface area contributed by atoms with Gasteiger partial charge >= 0.3 is 0 Å². The number of hydrogen-bond acceptors (Lipinski definition) is 3. The second kappa shape index (κ2) is 7.84. The van der Waals surface area contributed by atoms with Crippen molar-refractivity contribution in [2.75, 3.05) is 19.0 Å². The average molecular weight is 347 g/mol. The Kier molecular flexibility index (Phi) is 5.82. The van der Waals surface area contributed by atoms with Gasteiger partial charge in [-0.25, -0.2) is 0 Å². The zero-order chi connectivity index (χ0) is 17.7. The molecule has 0 saturated heterocycles. The summed E-state index contributed by atoms with van der Waals surface area (Å²) in [6.07, 6.45) is 0. The molecule has 5 nitrogen and oxygen atoms in total. The lowest BCUT2D eigenvalue weighted by molar-refractivity contribution is -0.118. The van der Waals surface area contributed by atoms with E-state index in [1.165, 1.54) is 13.1 Å². The molecule has 0 atom stereocenters. The summed E-state index contributed by atoms with van der Waals surface area (Å²) >= 11 is 6.06. The molecular weight excluding hydrogens is 328 g/mol. The Balaban J connectivity index is 2.04. The molecule has 6 heteroatoms. The smallest absolute Gasteiger partial charge is 0.262 e. The number of halogens is 1. The fraction of sp³-hybridized carbons (Fsp3) is 0.222. The van der Waals surface area contributed by atoms with Crippen LogP contribution in [-0.2, 0) is 4.79 Å². The highest BCUT2D eigenvalue weighted by Crippen LogP contribution is 2.23. The van der Waals surface area contributed by atoms with E-state index in [9.17, 15) is 9.59 Å². The summed E-state index contributed by atoms with van der Waals surface area (Å²) in [7, 11) is 1.53. The SMILES string of the molecule is CNC(=O)c1ccc(Cl)c(NC(=O)COc2cc(C)ccc2C)c1. The van der Waals surface area contributed by atoms with E-state index in [1.54, 1.807) is 12.1 Å². The number of rotatable bonds is 5. The highest BCUT2D eigenvalue weighted by molar-refractivity contribution is 6.33. The van der Waals surface area contributed by atoms with Crippen molar-refractivity contribution >= 4 is 29.1 Å². The quantitative estimate of drug-likeness (QED) is 0.872. The van der Waals surface area contributed by atoms with Crippen LogP contribution in [0.25, 0.3) is 0 Å². The number of ether oxygens (including phenoxy) is 1. The van der Waals surface area contributed by atoms with Gasteiger partial charge in [0.2, 0.25) is 0 Å². The van der Waals surface area contributed by atoms with Crippen LogP contribution in [0.4, 0.5) is 5.69 Å². The predicted molar refractivity (Wildman–Crippen MR) is 94.9 cm³/mol. The Morgan fingerprint density at radius 3 is 2.58 bits per heavy atom. The second-order valence-electron chi connectivity index (χ2n) is 5.38. The van der Waals surface area contributed by atoms with Gasteiger partial charge in [0.15, 0.2) is 6.61 Å². The maximum absolute atomic E-state index is 12.1. The maximum atomic E-state index is 12.1. The van der Waals surface area contributed by atoms with Gasteiger partial charge in [-0.2, -0.15) is 0 Å². The van der Waals surface area contributed by atoms with E-state index in [2.05, 4.69) is 10.6 Å². The van der Waals surface area contributed by atoms with Crippen LogP contribution in [0, 0.1) is 13.8 Å². The number of carbonyl (C=O) groups excluding carboxylic acids is 2. The third kappa shape index (κ3) is 4.49. The molecule has 0 fully saturated rings. The molecule has 0 unspecified atom stereocenters. The number of hydrogen-bond donors (Lipinski definition) is 2. The van der Waals surface area contributed by atoms with Gasteiger partial charge < -0.3 is 15.4 Å². The van der Waals surface area contributed by atoms with Crippen molar-refractivity contribution in [3.05, 3.63) is 58.1 Å². The first-order valence-corrected chi connectivity index (χ1v) is 7.80. The first-order valence-electron chi connectivity index (χ1n) is 7.42. The minimum atomic E-state index is -0.355. The van der Waals surface area contributed by atoms with Gasteiger partial charge in [0.1, 0.15) is 5.75 Å². The summed E-state index contributed by atoms with van der Waals surface area (Å²) in [6, 6.07) is 10.5. The van der Waals surface area contributed by atoms with Crippen LogP contribution in [0.2, 0.25) is 5.02 Å². The van der Waals surface area contributed by atoms with E-state index in [1.807, 2.05) is 32.0 Å². The Morgan fingerprint density at radius 2 is 1.88 bits per heavy atom. The van der Waals surface area contributed by atoms with Crippen molar-refractivity contribution in [2.24, 2.45) is 0 Å².